The summed E-state index contributed by atoms with van der Waals surface area (Å²) in [5.74, 6) is 0.609. The van der Waals surface area contributed by atoms with E-state index in [0.29, 0.717) is 16.4 Å². The number of hydrogen-bond acceptors (Lipinski definition) is 6. The van der Waals surface area contributed by atoms with Crippen molar-refractivity contribution in [2.75, 3.05) is 5.32 Å². The molecule has 1 N–H and O–H groups in total. The van der Waals surface area contributed by atoms with E-state index in [1.165, 1.54) is 11.8 Å². The molecule has 0 unspecified atom stereocenters. The molecule has 3 aromatic rings. The molecule has 3 rings (SSSR count). The minimum atomic E-state index is -0.379. The van der Waals surface area contributed by atoms with Crippen LogP contribution in [0.15, 0.2) is 53.9 Å². The normalized spacial score (nSPS) is 11.6. The second kappa shape index (κ2) is 9.15. The summed E-state index contributed by atoms with van der Waals surface area (Å²) in [6, 6.07) is 12.7. The minimum Gasteiger partial charge on any atom is -0.325 e. The van der Waals surface area contributed by atoms with Crippen LogP contribution in [0.25, 0.3) is 11.4 Å². The number of aromatic nitrogens is 4. The number of anilines is 1. The van der Waals surface area contributed by atoms with E-state index in [9.17, 15) is 4.79 Å². The van der Waals surface area contributed by atoms with Crippen molar-refractivity contribution in [3.8, 4) is 17.5 Å². The number of carbonyl (C=O) groups excluding carboxylic acids is 1. The Hall–Kier alpha value is -3.18. The van der Waals surface area contributed by atoms with Gasteiger partial charge in [-0.25, -0.2) is 0 Å². The molecule has 0 fully saturated rings. The van der Waals surface area contributed by atoms with E-state index in [1.807, 2.05) is 23.6 Å². The second-order valence-electron chi connectivity index (χ2n) is 6.14. The number of carbonyl (C=O) groups is 1. The van der Waals surface area contributed by atoms with Gasteiger partial charge in [-0.3, -0.25) is 9.78 Å². The predicted octanol–water partition coefficient (Wildman–Crippen LogP) is 3.74. The Bertz CT molecular complexity index is 995. The lowest BCUT2D eigenvalue weighted by Gasteiger charge is -2.13. The fourth-order valence-corrected chi connectivity index (χ4v) is 3.51. The molecule has 1 atom stereocenters. The van der Waals surface area contributed by atoms with Gasteiger partial charge in [0.05, 0.1) is 16.9 Å². The smallest absolute Gasteiger partial charge is 0.237 e. The number of nitrogens with zero attached hydrogens (tertiary/aromatic N) is 5. The van der Waals surface area contributed by atoms with Crippen molar-refractivity contribution < 1.29 is 4.79 Å². The molecule has 2 heterocycles. The summed E-state index contributed by atoms with van der Waals surface area (Å²) in [5, 5.41) is 20.8. The number of benzene rings is 1. The van der Waals surface area contributed by atoms with Crippen LogP contribution in [-0.4, -0.2) is 30.9 Å². The van der Waals surface area contributed by atoms with Crippen LogP contribution in [0.2, 0.25) is 0 Å². The molecule has 7 nitrogen and oxygen atoms in total. The number of hydrogen-bond donors (Lipinski definition) is 1. The summed E-state index contributed by atoms with van der Waals surface area (Å²) in [5.41, 5.74) is 2.04. The molecule has 0 saturated heterocycles. The van der Waals surface area contributed by atoms with Crippen LogP contribution >= 0.6 is 11.8 Å². The first-order valence-corrected chi connectivity index (χ1v) is 9.81. The third-order valence-corrected chi connectivity index (χ3v) is 5.09. The summed E-state index contributed by atoms with van der Waals surface area (Å²) in [6.45, 7) is 4.67. The monoisotopic (exact) mass is 392 g/mol. The Morgan fingerprint density at radius 2 is 2.07 bits per heavy atom. The molecule has 142 valence electrons. The van der Waals surface area contributed by atoms with Crippen LogP contribution in [0.4, 0.5) is 5.69 Å². The number of amides is 1. The summed E-state index contributed by atoms with van der Waals surface area (Å²) in [7, 11) is 0. The summed E-state index contributed by atoms with van der Waals surface area (Å²) >= 11 is 1.36. The highest BCUT2D eigenvalue weighted by molar-refractivity contribution is 8.00. The van der Waals surface area contributed by atoms with Gasteiger partial charge in [-0.15, -0.1) is 10.2 Å². The maximum absolute atomic E-state index is 12.6. The number of thioether (sulfide) groups is 1. The molecule has 8 heteroatoms. The van der Waals surface area contributed by atoms with Gasteiger partial charge in [0.15, 0.2) is 11.0 Å². The zero-order valence-electron chi connectivity index (χ0n) is 15.7. The number of pyridine rings is 1. The van der Waals surface area contributed by atoms with Crippen LogP contribution < -0.4 is 5.32 Å². The van der Waals surface area contributed by atoms with Gasteiger partial charge >= 0.3 is 0 Å². The van der Waals surface area contributed by atoms with Crippen molar-refractivity contribution in [2.45, 2.75) is 37.2 Å². The molecule has 1 amide bonds. The van der Waals surface area contributed by atoms with E-state index >= 15 is 0 Å². The zero-order chi connectivity index (χ0) is 19.9. The molecule has 0 bridgehead atoms. The van der Waals surface area contributed by atoms with Crippen molar-refractivity contribution in [2.24, 2.45) is 0 Å². The zero-order valence-corrected chi connectivity index (χ0v) is 16.5. The van der Waals surface area contributed by atoms with Gasteiger partial charge < -0.3 is 9.88 Å². The lowest BCUT2D eigenvalue weighted by molar-refractivity contribution is -0.115. The average molecular weight is 392 g/mol. The summed E-state index contributed by atoms with van der Waals surface area (Å²) in [4.78, 5) is 16.6. The van der Waals surface area contributed by atoms with Crippen molar-refractivity contribution in [3.63, 3.8) is 0 Å². The molecule has 0 aliphatic heterocycles. The van der Waals surface area contributed by atoms with Gasteiger partial charge in [0.25, 0.3) is 0 Å². The molecule has 0 aliphatic carbocycles. The lowest BCUT2D eigenvalue weighted by Crippen LogP contribution is -2.23. The molecular weight excluding hydrogens is 372 g/mol. The molecule has 1 aromatic carbocycles. The number of nitriles is 1. The quantitative estimate of drug-likeness (QED) is 0.615. The standard InChI is InChI=1S/C20H20N6OS/c1-3-11-26-18(16-7-9-22-10-8-16)24-25-20(26)28-14(2)19(27)23-17-6-4-5-15(12-17)13-21/h4-10,12,14H,3,11H2,1-2H3,(H,23,27)/t14-/m1/s1. The first-order valence-electron chi connectivity index (χ1n) is 8.93. The van der Waals surface area contributed by atoms with Crippen molar-refractivity contribution in [1.29, 1.82) is 5.26 Å². The molecule has 0 aliphatic rings. The van der Waals surface area contributed by atoms with Crippen LogP contribution in [0.1, 0.15) is 25.8 Å². The largest absolute Gasteiger partial charge is 0.325 e. The van der Waals surface area contributed by atoms with Crippen molar-refractivity contribution in [3.05, 3.63) is 54.4 Å². The Morgan fingerprint density at radius 3 is 2.79 bits per heavy atom. The maximum Gasteiger partial charge on any atom is 0.237 e. The lowest BCUT2D eigenvalue weighted by atomic mass is 10.2. The Balaban J connectivity index is 1.76. The Labute approximate surface area is 167 Å². The third kappa shape index (κ3) is 4.56. The van der Waals surface area contributed by atoms with E-state index < -0.39 is 0 Å². The first kappa shape index (κ1) is 19.6. The van der Waals surface area contributed by atoms with Crippen LogP contribution in [0.3, 0.4) is 0 Å². The SMILES string of the molecule is CCCn1c(S[C@H](C)C(=O)Nc2cccc(C#N)c2)nnc1-c1ccncc1. The van der Waals surface area contributed by atoms with Gasteiger partial charge in [-0.2, -0.15) is 5.26 Å². The van der Waals surface area contributed by atoms with Crippen LogP contribution in [-0.2, 0) is 11.3 Å². The number of nitrogens with one attached hydrogen (secondary N) is 1. The van der Waals surface area contributed by atoms with Gasteiger partial charge in [0.2, 0.25) is 5.91 Å². The van der Waals surface area contributed by atoms with E-state index in [1.54, 1.807) is 36.7 Å². The average Bonchev–Trinajstić information content (AvgIpc) is 3.11. The molecule has 0 saturated carbocycles. The van der Waals surface area contributed by atoms with Crippen molar-refractivity contribution >= 4 is 23.4 Å². The third-order valence-electron chi connectivity index (χ3n) is 4.01. The first-order chi connectivity index (χ1) is 13.6. The van der Waals surface area contributed by atoms with E-state index in [-0.39, 0.29) is 11.2 Å². The van der Waals surface area contributed by atoms with Gasteiger partial charge in [-0.1, -0.05) is 24.8 Å². The second-order valence-corrected chi connectivity index (χ2v) is 7.44. The molecular formula is C20H20N6OS. The van der Waals surface area contributed by atoms with Crippen LogP contribution in [0.5, 0.6) is 0 Å². The van der Waals surface area contributed by atoms with E-state index in [2.05, 4.69) is 33.5 Å². The Kier molecular flexibility index (Phi) is 6.40. The molecule has 28 heavy (non-hydrogen) atoms. The Morgan fingerprint density at radius 1 is 1.29 bits per heavy atom. The van der Waals surface area contributed by atoms with Crippen LogP contribution in [0, 0.1) is 11.3 Å². The minimum absolute atomic E-state index is 0.156. The summed E-state index contributed by atoms with van der Waals surface area (Å²) in [6.07, 6.45) is 4.36. The fraction of sp³-hybridized carbons (Fsp3) is 0.250. The van der Waals surface area contributed by atoms with Crippen molar-refractivity contribution in [1.82, 2.24) is 19.7 Å². The fourth-order valence-electron chi connectivity index (χ4n) is 2.64. The van der Waals surface area contributed by atoms with Gasteiger partial charge in [0.1, 0.15) is 0 Å². The number of rotatable bonds is 7. The van der Waals surface area contributed by atoms with E-state index in [4.69, 9.17) is 5.26 Å². The van der Waals surface area contributed by atoms with Gasteiger partial charge in [-0.05, 0) is 43.7 Å². The molecule has 0 radical (unpaired) electrons. The highest BCUT2D eigenvalue weighted by Crippen LogP contribution is 2.27. The highest BCUT2D eigenvalue weighted by Gasteiger charge is 2.20. The topological polar surface area (TPSA) is 96.5 Å². The van der Waals surface area contributed by atoms with Gasteiger partial charge in [0, 0.05) is 30.2 Å². The maximum atomic E-state index is 12.6. The molecule has 2 aromatic heterocycles. The summed E-state index contributed by atoms with van der Waals surface area (Å²) < 4.78 is 2.03. The highest BCUT2D eigenvalue weighted by atomic mass is 32.2. The molecule has 0 spiro atoms. The predicted molar refractivity (Wildman–Crippen MR) is 109 cm³/mol. The van der Waals surface area contributed by atoms with E-state index in [0.717, 1.165) is 24.4 Å².